The molecule has 0 amide bonds. The van der Waals surface area contributed by atoms with E-state index >= 15 is 0 Å². The van der Waals surface area contributed by atoms with E-state index in [0.29, 0.717) is 0 Å². The molecule has 0 aliphatic heterocycles. The summed E-state index contributed by atoms with van der Waals surface area (Å²) < 4.78 is 0. The summed E-state index contributed by atoms with van der Waals surface area (Å²) in [6, 6.07) is 0. The molecule has 0 aromatic carbocycles. The molecule has 0 bridgehead atoms. The van der Waals surface area contributed by atoms with Crippen molar-refractivity contribution in [2.24, 2.45) is 0 Å². The van der Waals surface area contributed by atoms with Gasteiger partial charge in [0.2, 0.25) is 0 Å². The molecule has 0 N–H and O–H groups in total. The second-order valence-electron chi connectivity index (χ2n) is 1.73. The fourth-order valence-electron chi connectivity index (χ4n) is 0. The largest absolute Gasteiger partial charge is 0 e. The van der Waals surface area contributed by atoms with Crippen LogP contribution in [0.1, 0.15) is 0 Å². The maximum atomic E-state index is 2.35. The van der Waals surface area contributed by atoms with Crippen LogP contribution in [0, 0.1) is 0 Å². The molecule has 0 fully saturated rings. The van der Waals surface area contributed by atoms with E-state index in [1.807, 2.05) is 0 Å². The minimum Gasteiger partial charge on any atom is 0 e. The van der Waals surface area contributed by atoms with Crippen molar-refractivity contribution >= 4 is 26.8 Å². The van der Waals surface area contributed by atoms with Crippen LogP contribution >= 0.6 is 12.4 Å². The average molecular weight is 154 g/mol. The average Bonchev–Trinajstić information content (AvgIpc) is 0.811. The fraction of sp³-hybridized carbons (Fsp3) is 1.00. The van der Waals surface area contributed by atoms with Gasteiger partial charge in [0.1, 0.15) is 0 Å². The molecule has 2 heteroatoms. The van der Waals surface area contributed by atoms with Crippen molar-refractivity contribution in [3.05, 3.63) is 0 Å². The molecule has 0 rings (SSSR count). The van der Waals surface area contributed by atoms with Gasteiger partial charge in [0.05, 0.1) is 0 Å². The predicted octanol–water partition coefficient (Wildman–Crippen LogP) is 1.79. The molecular weight excluding hydrogens is 144 g/mol. The zero-order chi connectivity index (χ0) is 3.58. The van der Waals surface area contributed by atoms with Crippen LogP contribution < -0.4 is 0 Å². The maximum Gasteiger partial charge on any atom is 0 e. The molecular formula is C3H10ClGe. The predicted molar refractivity (Wildman–Crippen MR) is 30.6 cm³/mol. The van der Waals surface area contributed by atoms with Gasteiger partial charge in [-0.05, 0) is 0 Å². The number of hydrogen-bond donors (Lipinski definition) is 0. The molecule has 0 atom stereocenters. The smallest absolute Gasteiger partial charge is 0 e. The van der Waals surface area contributed by atoms with E-state index in [-0.39, 0.29) is 12.4 Å². The third kappa shape index (κ3) is 55.9. The van der Waals surface area contributed by atoms with Crippen LogP contribution in [-0.2, 0) is 0 Å². The molecule has 0 aliphatic rings. The molecule has 0 aromatic rings. The summed E-state index contributed by atoms with van der Waals surface area (Å²) >= 11 is -0.479. The van der Waals surface area contributed by atoms with Gasteiger partial charge in [0, 0.05) is 12.4 Å². The van der Waals surface area contributed by atoms with Gasteiger partial charge in [0.15, 0.2) is 0 Å². The Labute approximate surface area is 44.5 Å². The normalized spacial score (nSPS) is 7.20. The number of rotatable bonds is 0. The molecule has 0 aliphatic carbocycles. The van der Waals surface area contributed by atoms with Crippen molar-refractivity contribution < 1.29 is 0 Å². The van der Waals surface area contributed by atoms with E-state index in [1.54, 1.807) is 0 Å². The zero-order valence-corrected chi connectivity index (χ0v) is 7.13. The summed E-state index contributed by atoms with van der Waals surface area (Å²) in [6.45, 7) is 0. The number of hydrogen-bond acceptors (Lipinski definition) is 0. The second-order valence-corrected chi connectivity index (χ2v) is 9.00. The Bertz CT molecular complexity index is 11.6. The van der Waals surface area contributed by atoms with Crippen LogP contribution in [0.4, 0.5) is 0 Å². The van der Waals surface area contributed by atoms with E-state index in [9.17, 15) is 0 Å². The summed E-state index contributed by atoms with van der Waals surface area (Å²) in [5.74, 6) is 7.06. The Morgan fingerprint density at radius 3 is 1.00 bits per heavy atom. The first-order valence-corrected chi connectivity index (χ1v) is 9.00. The van der Waals surface area contributed by atoms with E-state index in [2.05, 4.69) is 17.3 Å². The summed E-state index contributed by atoms with van der Waals surface area (Å²) in [5, 5.41) is 0. The topological polar surface area (TPSA) is 0 Å². The molecule has 0 heterocycles. The molecule has 0 spiro atoms. The van der Waals surface area contributed by atoms with E-state index in [4.69, 9.17) is 0 Å². The summed E-state index contributed by atoms with van der Waals surface area (Å²) in [7, 11) is 0. The van der Waals surface area contributed by atoms with E-state index in [0.717, 1.165) is 0 Å². The van der Waals surface area contributed by atoms with Gasteiger partial charge < -0.3 is 0 Å². The number of halogens is 1. The van der Waals surface area contributed by atoms with Gasteiger partial charge in [-0.15, -0.1) is 0 Å². The SMILES string of the molecule is [CH3][GeH]([CH3])[CH3].[Cl]. The minimum absolute atomic E-state index is 0. The molecule has 0 saturated carbocycles. The van der Waals surface area contributed by atoms with Crippen molar-refractivity contribution in [3.63, 3.8) is 0 Å². The van der Waals surface area contributed by atoms with Crippen molar-refractivity contribution in [2.45, 2.75) is 17.3 Å². The van der Waals surface area contributed by atoms with Crippen LogP contribution in [0.3, 0.4) is 0 Å². The molecule has 1 radical (unpaired) electrons. The van der Waals surface area contributed by atoms with Gasteiger partial charge >= 0.3 is 31.6 Å². The van der Waals surface area contributed by atoms with Crippen LogP contribution in [0.25, 0.3) is 0 Å². The van der Waals surface area contributed by atoms with Crippen LogP contribution in [-0.4, -0.2) is 14.3 Å². The van der Waals surface area contributed by atoms with E-state index < -0.39 is 14.3 Å². The van der Waals surface area contributed by atoms with Crippen molar-refractivity contribution in [2.75, 3.05) is 0 Å². The Hall–Kier alpha value is 0.833. The molecule has 0 unspecified atom stereocenters. The molecule has 0 aromatic heterocycles. The summed E-state index contributed by atoms with van der Waals surface area (Å²) in [4.78, 5) is 0. The van der Waals surface area contributed by atoms with Crippen molar-refractivity contribution in [1.82, 2.24) is 0 Å². The molecule has 5 heavy (non-hydrogen) atoms. The minimum atomic E-state index is -0.479. The van der Waals surface area contributed by atoms with Gasteiger partial charge in [0.25, 0.3) is 0 Å². The summed E-state index contributed by atoms with van der Waals surface area (Å²) in [6.07, 6.45) is 0. The second kappa shape index (κ2) is 4.83. The van der Waals surface area contributed by atoms with Gasteiger partial charge in [-0.3, -0.25) is 0 Å². The monoisotopic (exact) mass is 155 g/mol. The Morgan fingerprint density at radius 2 is 1.00 bits per heavy atom. The van der Waals surface area contributed by atoms with Crippen LogP contribution in [0.5, 0.6) is 0 Å². The molecule has 0 saturated heterocycles. The Kier molecular flexibility index (Phi) is 8.96. The van der Waals surface area contributed by atoms with E-state index in [1.165, 1.54) is 0 Å². The van der Waals surface area contributed by atoms with Crippen molar-refractivity contribution in [3.8, 4) is 0 Å². The van der Waals surface area contributed by atoms with Gasteiger partial charge in [-0.25, -0.2) is 0 Å². The zero-order valence-electron chi connectivity index (χ0n) is 3.96. The molecule has 0 nitrogen and oxygen atoms in total. The first kappa shape index (κ1) is 9.27. The fourth-order valence-corrected chi connectivity index (χ4v) is 0. The molecule has 33 valence electrons. The first-order valence-electron chi connectivity index (χ1n) is 1.73. The Morgan fingerprint density at radius 1 is 1.00 bits per heavy atom. The van der Waals surface area contributed by atoms with Crippen molar-refractivity contribution in [1.29, 1.82) is 0 Å². The van der Waals surface area contributed by atoms with Crippen LogP contribution in [0.2, 0.25) is 17.3 Å². The first-order chi connectivity index (χ1) is 1.73. The van der Waals surface area contributed by atoms with Gasteiger partial charge in [-0.2, -0.15) is 0 Å². The third-order valence-corrected chi connectivity index (χ3v) is 0. The van der Waals surface area contributed by atoms with Gasteiger partial charge in [-0.1, -0.05) is 0 Å². The standard InChI is InChI=1S/C3H10Ge.Cl/c1-4(2)3;/h4H,1-3H3;. The Balaban J connectivity index is 0. The van der Waals surface area contributed by atoms with Crippen LogP contribution in [0.15, 0.2) is 0 Å². The quantitative estimate of drug-likeness (QED) is 0.467. The summed E-state index contributed by atoms with van der Waals surface area (Å²) in [5.41, 5.74) is 0. The maximum absolute atomic E-state index is 2.35. The third-order valence-electron chi connectivity index (χ3n) is 0.